The van der Waals surface area contributed by atoms with Gasteiger partial charge in [-0.1, -0.05) is 47.1 Å². The topological polar surface area (TPSA) is 91.2 Å². The number of anilines is 1. The van der Waals surface area contributed by atoms with Gasteiger partial charge in [0.05, 0.1) is 29.5 Å². The van der Waals surface area contributed by atoms with Crippen molar-refractivity contribution in [2.24, 2.45) is 0 Å². The van der Waals surface area contributed by atoms with Crippen LogP contribution in [0, 0.1) is 11.3 Å². The highest BCUT2D eigenvalue weighted by atomic mass is 35.5. The summed E-state index contributed by atoms with van der Waals surface area (Å²) in [4.78, 5) is 24.6. The molecule has 1 aliphatic rings. The summed E-state index contributed by atoms with van der Waals surface area (Å²) in [6.45, 7) is 0. The van der Waals surface area contributed by atoms with E-state index in [1.165, 1.54) is 0 Å². The molecule has 0 aliphatic carbocycles. The summed E-state index contributed by atoms with van der Waals surface area (Å²) in [6, 6.07) is 14.1. The van der Waals surface area contributed by atoms with Crippen LogP contribution >= 0.6 is 35.0 Å². The number of carbonyl (C=O) groups excluding carboxylic acids is 2. The smallest absolute Gasteiger partial charge is 0.234 e. The molecule has 2 N–H and O–H groups in total. The first kappa shape index (κ1) is 22.0. The van der Waals surface area contributed by atoms with Crippen molar-refractivity contribution in [2.75, 3.05) is 18.2 Å². The van der Waals surface area contributed by atoms with Crippen molar-refractivity contribution in [1.29, 1.82) is 5.26 Å². The Morgan fingerprint density at radius 2 is 1.93 bits per heavy atom. The first-order valence-corrected chi connectivity index (χ1v) is 10.6. The molecule has 9 heteroatoms. The highest BCUT2D eigenvalue weighted by Crippen LogP contribution is 2.36. The molecule has 0 bridgehead atoms. The maximum absolute atomic E-state index is 12.3. The van der Waals surface area contributed by atoms with Crippen LogP contribution in [0.4, 0.5) is 5.69 Å². The summed E-state index contributed by atoms with van der Waals surface area (Å²) in [6.07, 6.45) is 0.159. The van der Waals surface area contributed by atoms with Crippen LogP contribution in [0.25, 0.3) is 0 Å². The number of halogens is 2. The van der Waals surface area contributed by atoms with Gasteiger partial charge in [-0.05, 0) is 35.9 Å². The molecule has 1 aliphatic heterocycles. The minimum Gasteiger partial charge on any atom is -0.497 e. The van der Waals surface area contributed by atoms with Crippen LogP contribution in [-0.2, 0) is 9.59 Å². The van der Waals surface area contributed by atoms with E-state index < -0.39 is 0 Å². The lowest BCUT2D eigenvalue weighted by Gasteiger charge is -2.25. The van der Waals surface area contributed by atoms with Gasteiger partial charge in [0.2, 0.25) is 11.8 Å². The van der Waals surface area contributed by atoms with Crippen molar-refractivity contribution < 1.29 is 14.3 Å². The largest absolute Gasteiger partial charge is 0.497 e. The Labute approximate surface area is 188 Å². The Morgan fingerprint density at radius 3 is 2.53 bits per heavy atom. The number of amides is 2. The van der Waals surface area contributed by atoms with Crippen LogP contribution in [0.2, 0.25) is 10.0 Å². The van der Waals surface area contributed by atoms with Crippen LogP contribution in [0.3, 0.4) is 0 Å². The monoisotopic (exact) mass is 461 g/mol. The molecule has 6 nitrogen and oxygen atoms in total. The highest BCUT2D eigenvalue weighted by molar-refractivity contribution is 8.03. The molecule has 30 heavy (non-hydrogen) atoms. The average molecular weight is 462 g/mol. The van der Waals surface area contributed by atoms with Gasteiger partial charge < -0.3 is 15.4 Å². The maximum atomic E-state index is 12.3. The van der Waals surface area contributed by atoms with E-state index >= 15 is 0 Å². The van der Waals surface area contributed by atoms with E-state index in [9.17, 15) is 14.9 Å². The molecule has 1 heterocycles. The Kier molecular flexibility index (Phi) is 7.27. The van der Waals surface area contributed by atoms with Gasteiger partial charge in [0.15, 0.2) is 0 Å². The molecule has 154 valence electrons. The fourth-order valence-electron chi connectivity index (χ4n) is 3.01. The Bertz CT molecular complexity index is 1030. The third-order valence-corrected chi connectivity index (χ3v) is 5.82. The molecule has 0 spiro atoms. The molecule has 2 aromatic carbocycles. The lowest BCUT2D eigenvalue weighted by molar-refractivity contribution is -0.121. The van der Waals surface area contributed by atoms with Gasteiger partial charge in [0, 0.05) is 28.1 Å². The molecule has 0 fully saturated rings. The predicted molar refractivity (Wildman–Crippen MR) is 119 cm³/mol. The van der Waals surface area contributed by atoms with Crippen LogP contribution in [0.5, 0.6) is 5.75 Å². The molecule has 2 amide bonds. The third kappa shape index (κ3) is 5.48. The second-order valence-corrected chi connectivity index (χ2v) is 8.29. The number of nitrogens with one attached hydrogen (secondary N) is 2. The highest BCUT2D eigenvalue weighted by Gasteiger charge is 2.29. The fourth-order valence-corrected chi connectivity index (χ4v) is 4.42. The zero-order chi connectivity index (χ0) is 21.7. The zero-order valence-corrected chi connectivity index (χ0v) is 18.2. The van der Waals surface area contributed by atoms with Crippen LogP contribution in [-0.4, -0.2) is 24.7 Å². The number of allylic oxidation sites excluding steroid dienone is 1. The second kappa shape index (κ2) is 9.90. The number of ether oxygens (including phenoxy) is 1. The molecule has 1 unspecified atom stereocenters. The number of carbonyl (C=O) groups is 2. The van der Waals surface area contributed by atoms with Gasteiger partial charge in [0.25, 0.3) is 0 Å². The SMILES string of the molecule is COc1ccc(C2CC(=O)NC(SCC(=O)Nc3cc(Cl)cc(Cl)c3)=C2C#N)cc1. The van der Waals surface area contributed by atoms with Gasteiger partial charge >= 0.3 is 0 Å². The van der Waals surface area contributed by atoms with Crippen molar-refractivity contribution >= 4 is 52.5 Å². The van der Waals surface area contributed by atoms with E-state index in [-0.39, 0.29) is 29.9 Å². The molecule has 0 radical (unpaired) electrons. The number of methoxy groups -OCH3 is 1. The summed E-state index contributed by atoms with van der Waals surface area (Å²) in [7, 11) is 1.57. The summed E-state index contributed by atoms with van der Waals surface area (Å²) < 4.78 is 5.16. The van der Waals surface area contributed by atoms with Crippen LogP contribution < -0.4 is 15.4 Å². The first-order chi connectivity index (χ1) is 14.4. The van der Waals surface area contributed by atoms with Gasteiger partial charge in [0.1, 0.15) is 5.75 Å². The Hall–Kier alpha value is -2.66. The number of hydrogen-bond acceptors (Lipinski definition) is 5. The summed E-state index contributed by atoms with van der Waals surface area (Å²) >= 11 is 13.0. The molecular weight excluding hydrogens is 445 g/mol. The zero-order valence-electron chi connectivity index (χ0n) is 15.9. The molecule has 2 aromatic rings. The molecule has 0 saturated carbocycles. The fraction of sp³-hybridized carbons (Fsp3) is 0.190. The van der Waals surface area contributed by atoms with Crippen molar-refractivity contribution in [1.82, 2.24) is 5.32 Å². The first-order valence-electron chi connectivity index (χ1n) is 8.86. The third-order valence-electron chi connectivity index (χ3n) is 4.37. The van der Waals surface area contributed by atoms with Crippen molar-refractivity contribution in [3.8, 4) is 11.8 Å². The van der Waals surface area contributed by atoms with Gasteiger partial charge in [-0.2, -0.15) is 5.26 Å². The number of rotatable bonds is 6. The average Bonchev–Trinajstić information content (AvgIpc) is 2.71. The van der Waals surface area contributed by atoms with Gasteiger partial charge in [-0.15, -0.1) is 0 Å². The minimum absolute atomic E-state index is 0.000256. The second-order valence-electron chi connectivity index (χ2n) is 6.43. The molecule has 0 aromatic heterocycles. The van der Waals surface area contributed by atoms with Crippen molar-refractivity contribution in [2.45, 2.75) is 12.3 Å². The number of thioether (sulfide) groups is 1. The normalized spacial score (nSPS) is 15.9. The Balaban J connectivity index is 1.75. The van der Waals surface area contributed by atoms with Gasteiger partial charge in [-0.25, -0.2) is 0 Å². The van der Waals surface area contributed by atoms with E-state index in [1.54, 1.807) is 37.4 Å². The summed E-state index contributed by atoms with van der Waals surface area (Å²) in [5, 5.41) is 16.3. The Morgan fingerprint density at radius 1 is 1.27 bits per heavy atom. The summed E-state index contributed by atoms with van der Waals surface area (Å²) in [5.74, 6) is -0.218. The van der Waals surface area contributed by atoms with E-state index in [2.05, 4.69) is 16.7 Å². The van der Waals surface area contributed by atoms with E-state index in [0.717, 1.165) is 17.3 Å². The number of benzene rings is 2. The van der Waals surface area contributed by atoms with E-state index in [0.29, 0.717) is 32.1 Å². The van der Waals surface area contributed by atoms with Crippen molar-refractivity contribution in [3.63, 3.8) is 0 Å². The molecule has 1 atom stereocenters. The lowest BCUT2D eigenvalue weighted by atomic mass is 9.87. The molecule has 3 rings (SSSR count). The van der Waals surface area contributed by atoms with Crippen LogP contribution in [0.1, 0.15) is 17.9 Å². The van der Waals surface area contributed by atoms with E-state index in [4.69, 9.17) is 27.9 Å². The quantitative estimate of drug-likeness (QED) is 0.649. The number of hydrogen-bond donors (Lipinski definition) is 2. The van der Waals surface area contributed by atoms with Crippen LogP contribution in [0.15, 0.2) is 53.1 Å². The lowest BCUT2D eigenvalue weighted by Crippen LogP contribution is -2.31. The molecular formula is C21H17Cl2N3O3S. The van der Waals surface area contributed by atoms with Crippen molar-refractivity contribution in [3.05, 3.63) is 68.7 Å². The maximum Gasteiger partial charge on any atom is 0.234 e. The number of nitriles is 1. The standard InChI is InChI=1S/C21H17Cl2N3O3S/c1-29-16-4-2-12(3-5-16)17-9-19(27)26-21(18(17)10-24)30-11-20(28)25-15-7-13(22)6-14(23)8-15/h2-8,17H,9,11H2,1H3,(H,25,28)(H,26,27). The predicted octanol–water partition coefficient (Wildman–Crippen LogP) is 4.71. The van der Waals surface area contributed by atoms with Gasteiger partial charge in [-0.3, -0.25) is 9.59 Å². The van der Waals surface area contributed by atoms with E-state index in [1.807, 2.05) is 12.1 Å². The summed E-state index contributed by atoms with van der Waals surface area (Å²) in [5.41, 5.74) is 1.72. The minimum atomic E-state index is -0.382. The number of nitrogens with zero attached hydrogens (tertiary/aromatic N) is 1. The molecule has 0 saturated heterocycles.